The zero-order chi connectivity index (χ0) is 18.2. The van der Waals surface area contributed by atoms with Crippen LogP contribution in [-0.4, -0.2) is 69.3 Å². The van der Waals surface area contributed by atoms with Gasteiger partial charge in [-0.1, -0.05) is 0 Å². The first-order valence-electron chi connectivity index (χ1n) is 9.08. The molecule has 7 nitrogen and oxygen atoms in total. The van der Waals surface area contributed by atoms with Crippen LogP contribution in [0.15, 0.2) is 6.20 Å². The van der Waals surface area contributed by atoms with Crippen molar-refractivity contribution in [2.75, 3.05) is 26.2 Å². The molecule has 1 unspecified atom stereocenters. The van der Waals surface area contributed by atoms with Crippen LogP contribution in [0.5, 0.6) is 0 Å². The van der Waals surface area contributed by atoms with Crippen LogP contribution in [0.4, 0.5) is 0 Å². The van der Waals surface area contributed by atoms with Crippen LogP contribution in [0.2, 0.25) is 0 Å². The Bertz CT molecular complexity index is 669. The maximum Gasteiger partial charge on any atom is 0.257 e. The molecule has 1 atom stereocenters. The monoisotopic (exact) mass is 348 g/mol. The first kappa shape index (κ1) is 17.9. The van der Waals surface area contributed by atoms with Crippen LogP contribution in [0.25, 0.3) is 0 Å². The molecule has 2 saturated heterocycles. The first-order chi connectivity index (χ1) is 11.8. The van der Waals surface area contributed by atoms with E-state index in [-0.39, 0.29) is 17.9 Å². The molecule has 0 aliphatic carbocycles. The Hall–Kier alpha value is -1.89. The third kappa shape index (κ3) is 3.29. The molecule has 2 amide bonds. The lowest BCUT2D eigenvalue weighted by molar-refractivity contribution is -0.169. The molecule has 0 radical (unpaired) electrons. The van der Waals surface area contributed by atoms with Gasteiger partial charge in [-0.25, -0.2) is 0 Å². The molecular formula is C18H28N4O3. The molecule has 3 heterocycles. The molecule has 2 aliphatic rings. The standard InChI is InChI=1S/C18H28N4O3/c1-13(2)22-8-6-5-7-18(17(22)24)12-21(9-10-25-18)16(23)15-11-20(4)19-14(15)3/h11,13H,5-10,12H2,1-4H3. The quantitative estimate of drug-likeness (QED) is 0.809. The van der Waals surface area contributed by atoms with Crippen LogP contribution >= 0.6 is 0 Å². The number of morpholine rings is 1. The van der Waals surface area contributed by atoms with Crippen molar-refractivity contribution in [3.8, 4) is 0 Å². The number of rotatable bonds is 2. The number of carbonyl (C=O) groups excluding carboxylic acids is 2. The summed E-state index contributed by atoms with van der Waals surface area (Å²) in [4.78, 5) is 29.8. The highest BCUT2D eigenvalue weighted by Crippen LogP contribution is 2.31. The molecule has 7 heteroatoms. The van der Waals surface area contributed by atoms with E-state index in [1.54, 1.807) is 22.8 Å². The highest BCUT2D eigenvalue weighted by atomic mass is 16.5. The predicted octanol–water partition coefficient (Wildman–Crippen LogP) is 1.36. The zero-order valence-corrected chi connectivity index (χ0v) is 15.6. The van der Waals surface area contributed by atoms with Gasteiger partial charge in [0.2, 0.25) is 0 Å². The van der Waals surface area contributed by atoms with Gasteiger partial charge >= 0.3 is 0 Å². The topological polar surface area (TPSA) is 67.7 Å². The molecule has 138 valence electrons. The number of hydrogen-bond donors (Lipinski definition) is 0. The van der Waals surface area contributed by atoms with Crippen molar-refractivity contribution >= 4 is 11.8 Å². The van der Waals surface area contributed by atoms with E-state index in [9.17, 15) is 9.59 Å². The van der Waals surface area contributed by atoms with Crippen molar-refractivity contribution in [1.29, 1.82) is 0 Å². The molecule has 0 N–H and O–H groups in total. The second-order valence-corrected chi connectivity index (χ2v) is 7.42. The predicted molar refractivity (Wildman–Crippen MR) is 93.2 cm³/mol. The Morgan fingerprint density at radius 3 is 2.72 bits per heavy atom. The minimum atomic E-state index is -0.898. The number of nitrogens with zero attached hydrogens (tertiary/aromatic N) is 4. The maximum atomic E-state index is 13.2. The van der Waals surface area contributed by atoms with E-state index in [2.05, 4.69) is 5.10 Å². The van der Waals surface area contributed by atoms with Gasteiger partial charge in [0.1, 0.15) is 0 Å². The Kier molecular flexibility index (Phi) is 4.86. The summed E-state index contributed by atoms with van der Waals surface area (Å²) in [6, 6.07) is 0.137. The third-order valence-corrected chi connectivity index (χ3v) is 5.22. The number of amides is 2. The first-order valence-corrected chi connectivity index (χ1v) is 9.08. The molecule has 0 aromatic carbocycles. The van der Waals surface area contributed by atoms with Gasteiger partial charge in [-0.3, -0.25) is 14.3 Å². The molecule has 1 aromatic heterocycles. The maximum absolute atomic E-state index is 13.2. The van der Waals surface area contributed by atoms with E-state index in [1.807, 2.05) is 25.7 Å². The van der Waals surface area contributed by atoms with Crippen LogP contribution < -0.4 is 0 Å². The molecule has 3 rings (SSSR count). The Morgan fingerprint density at radius 1 is 1.32 bits per heavy atom. The summed E-state index contributed by atoms with van der Waals surface area (Å²) in [5.74, 6) is -0.0400. The van der Waals surface area contributed by atoms with Crippen LogP contribution in [-0.2, 0) is 16.6 Å². The summed E-state index contributed by atoms with van der Waals surface area (Å²) in [7, 11) is 1.81. The largest absolute Gasteiger partial charge is 0.361 e. The van der Waals surface area contributed by atoms with E-state index in [1.165, 1.54) is 0 Å². The SMILES string of the molecule is Cc1nn(C)cc1C(=O)N1CCOC2(CCCCN(C(C)C)C2=O)C1. The molecule has 1 spiro atoms. The fraction of sp³-hybridized carbons (Fsp3) is 0.722. The van der Waals surface area contributed by atoms with Crippen molar-refractivity contribution < 1.29 is 14.3 Å². The van der Waals surface area contributed by atoms with Gasteiger partial charge in [-0.15, -0.1) is 0 Å². The van der Waals surface area contributed by atoms with E-state index >= 15 is 0 Å². The molecular weight excluding hydrogens is 320 g/mol. The fourth-order valence-electron chi connectivity index (χ4n) is 3.87. The minimum Gasteiger partial charge on any atom is -0.361 e. The van der Waals surface area contributed by atoms with Crippen molar-refractivity contribution in [2.24, 2.45) is 7.05 Å². The summed E-state index contributed by atoms with van der Waals surface area (Å²) in [5.41, 5.74) is 0.413. The molecule has 0 saturated carbocycles. The van der Waals surface area contributed by atoms with Crippen LogP contribution in [0.3, 0.4) is 0 Å². The smallest absolute Gasteiger partial charge is 0.257 e. The van der Waals surface area contributed by atoms with E-state index < -0.39 is 5.60 Å². The number of likely N-dealkylation sites (tertiary alicyclic amines) is 1. The van der Waals surface area contributed by atoms with E-state index in [0.717, 1.165) is 19.4 Å². The molecule has 2 aliphatic heterocycles. The second kappa shape index (κ2) is 6.78. The summed E-state index contributed by atoms with van der Waals surface area (Å²) >= 11 is 0. The number of aromatic nitrogens is 2. The zero-order valence-electron chi connectivity index (χ0n) is 15.6. The summed E-state index contributed by atoms with van der Waals surface area (Å²) < 4.78 is 7.67. The average Bonchev–Trinajstić information content (AvgIpc) is 2.83. The number of hydrogen-bond acceptors (Lipinski definition) is 4. The molecule has 0 bridgehead atoms. The fourth-order valence-corrected chi connectivity index (χ4v) is 3.87. The highest BCUT2D eigenvalue weighted by Gasteiger charge is 2.48. The van der Waals surface area contributed by atoms with Gasteiger partial charge in [-0.05, 0) is 40.0 Å². The minimum absolute atomic E-state index is 0.0282. The van der Waals surface area contributed by atoms with Gasteiger partial charge in [0.05, 0.1) is 24.4 Å². The summed E-state index contributed by atoms with van der Waals surface area (Å²) in [5, 5.41) is 4.26. The lowest BCUT2D eigenvalue weighted by Crippen LogP contribution is -2.61. The van der Waals surface area contributed by atoms with Gasteiger partial charge in [0.15, 0.2) is 5.60 Å². The van der Waals surface area contributed by atoms with Crippen molar-refractivity contribution in [2.45, 2.75) is 51.7 Å². The lowest BCUT2D eigenvalue weighted by Gasteiger charge is -2.43. The van der Waals surface area contributed by atoms with Gasteiger partial charge < -0.3 is 14.5 Å². The molecule has 2 fully saturated rings. The van der Waals surface area contributed by atoms with Crippen molar-refractivity contribution in [1.82, 2.24) is 19.6 Å². The Balaban J connectivity index is 1.85. The lowest BCUT2D eigenvalue weighted by atomic mass is 9.93. The van der Waals surface area contributed by atoms with Crippen molar-refractivity contribution in [3.05, 3.63) is 17.5 Å². The van der Waals surface area contributed by atoms with Gasteiger partial charge in [-0.2, -0.15) is 5.10 Å². The van der Waals surface area contributed by atoms with Gasteiger partial charge in [0.25, 0.3) is 11.8 Å². The summed E-state index contributed by atoms with van der Waals surface area (Å²) in [6.45, 7) is 7.87. The number of carbonyl (C=O) groups is 2. The highest BCUT2D eigenvalue weighted by molar-refractivity contribution is 5.96. The number of ether oxygens (including phenoxy) is 1. The average molecular weight is 348 g/mol. The van der Waals surface area contributed by atoms with Crippen LogP contribution in [0, 0.1) is 6.92 Å². The normalized spacial score (nSPS) is 24.9. The number of aryl methyl sites for hydroxylation is 2. The second-order valence-electron chi connectivity index (χ2n) is 7.42. The third-order valence-electron chi connectivity index (χ3n) is 5.22. The van der Waals surface area contributed by atoms with Crippen molar-refractivity contribution in [3.63, 3.8) is 0 Å². The Labute approximate surface area is 148 Å². The summed E-state index contributed by atoms with van der Waals surface area (Å²) in [6.07, 6.45) is 4.33. The Morgan fingerprint density at radius 2 is 2.08 bits per heavy atom. The van der Waals surface area contributed by atoms with Crippen LogP contribution in [0.1, 0.15) is 49.2 Å². The molecule has 1 aromatic rings. The van der Waals surface area contributed by atoms with E-state index in [0.29, 0.717) is 37.4 Å². The molecule has 25 heavy (non-hydrogen) atoms. The van der Waals surface area contributed by atoms with Gasteiger partial charge in [0, 0.05) is 32.4 Å². The van der Waals surface area contributed by atoms with E-state index in [4.69, 9.17) is 4.74 Å².